The van der Waals surface area contributed by atoms with Gasteiger partial charge in [0.2, 0.25) is 5.91 Å². The Labute approximate surface area is 265 Å². The highest BCUT2D eigenvalue weighted by Crippen LogP contribution is 2.31. The van der Waals surface area contributed by atoms with Gasteiger partial charge in [0, 0.05) is 92.2 Å². The van der Waals surface area contributed by atoms with Crippen LogP contribution in [0.5, 0.6) is 0 Å². The van der Waals surface area contributed by atoms with Crippen molar-refractivity contribution in [3.05, 3.63) is 109 Å². The van der Waals surface area contributed by atoms with E-state index in [1.165, 1.54) is 5.69 Å². The molecule has 0 bridgehead atoms. The fourth-order valence-corrected chi connectivity index (χ4v) is 6.52. The Kier molecular flexibility index (Phi) is 7.11. The number of hydrogen-bond donors (Lipinski definition) is 1. The monoisotopic (exact) mass is 608 g/mol. The summed E-state index contributed by atoms with van der Waals surface area (Å²) in [5, 5.41) is 8.16. The first-order valence-corrected chi connectivity index (χ1v) is 15.6. The molecule has 10 nitrogen and oxygen atoms in total. The molecule has 0 radical (unpaired) electrons. The van der Waals surface area contributed by atoms with E-state index >= 15 is 0 Å². The van der Waals surface area contributed by atoms with Crippen molar-refractivity contribution in [2.45, 2.75) is 13.0 Å². The van der Waals surface area contributed by atoms with Gasteiger partial charge in [-0.1, -0.05) is 48.5 Å². The van der Waals surface area contributed by atoms with Gasteiger partial charge in [-0.25, -0.2) is 14.3 Å². The van der Waals surface area contributed by atoms with Crippen LogP contribution in [0.15, 0.2) is 104 Å². The maximum atomic E-state index is 12.5. The molecule has 6 aromatic rings. The van der Waals surface area contributed by atoms with Crippen LogP contribution >= 0.6 is 0 Å². The highest BCUT2D eigenvalue weighted by Gasteiger charge is 2.27. The van der Waals surface area contributed by atoms with E-state index in [0.29, 0.717) is 13.0 Å². The number of imide groups is 1. The number of rotatable bonds is 6. The molecule has 1 N–H and O–H groups in total. The maximum Gasteiger partial charge on any atom is 0.328 e. The molecule has 2 fully saturated rings. The lowest BCUT2D eigenvalue weighted by molar-refractivity contribution is -0.120. The predicted molar refractivity (Wildman–Crippen MR) is 179 cm³/mol. The lowest BCUT2D eigenvalue weighted by atomic mass is 10.0. The van der Waals surface area contributed by atoms with Crippen molar-refractivity contribution in [1.29, 1.82) is 0 Å². The van der Waals surface area contributed by atoms with Gasteiger partial charge in [-0.15, -0.1) is 0 Å². The third-order valence-corrected chi connectivity index (χ3v) is 8.96. The van der Waals surface area contributed by atoms with Gasteiger partial charge in [0.1, 0.15) is 0 Å². The first-order valence-electron chi connectivity index (χ1n) is 15.6. The number of benzene rings is 3. The van der Waals surface area contributed by atoms with E-state index in [1.54, 1.807) is 4.90 Å². The molecule has 3 aromatic carbocycles. The van der Waals surface area contributed by atoms with E-state index in [-0.39, 0.29) is 11.9 Å². The predicted octanol–water partition coefficient (Wildman–Crippen LogP) is 5.38. The van der Waals surface area contributed by atoms with Crippen LogP contribution in [0.1, 0.15) is 12.0 Å². The summed E-state index contributed by atoms with van der Waals surface area (Å²) >= 11 is 0. The topological polar surface area (TPSA) is 99.0 Å². The molecular weight excluding hydrogens is 576 g/mol. The number of nitrogens with zero attached hydrogens (tertiary/aromatic N) is 7. The van der Waals surface area contributed by atoms with Crippen molar-refractivity contribution < 1.29 is 9.59 Å². The van der Waals surface area contributed by atoms with Gasteiger partial charge >= 0.3 is 6.03 Å². The number of para-hydroxylation sites is 2. The number of hydrogen-bond acceptors (Lipinski definition) is 7. The van der Waals surface area contributed by atoms with Crippen molar-refractivity contribution in [2.75, 3.05) is 42.5 Å². The molecule has 2 aliphatic heterocycles. The molecule has 3 aromatic heterocycles. The normalized spacial score (nSPS) is 15.9. The Hall–Kier alpha value is -5.61. The Balaban J connectivity index is 0.937. The fourth-order valence-electron chi connectivity index (χ4n) is 6.52. The van der Waals surface area contributed by atoms with E-state index < -0.39 is 0 Å². The molecule has 2 aliphatic rings. The number of fused-ring (bicyclic) bond motifs is 2. The Morgan fingerprint density at radius 1 is 0.739 bits per heavy atom. The van der Waals surface area contributed by atoms with Crippen molar-refractivity contribution in [2.24, 2.45) is 0 Å². The van der Waals surface area contributed by atoms with Gasteiger partial charge in [-0.3, -0.25) is 24.9 Å². The van der Waals surface area contributed by atoms with Crippen LogP contribution in [0.25, 0.3) is 38.8 Å². The molecule has 8 rings (SSSR count). The van der Waals surface area contributed by atoms with E-state index in [4.69, 9.17) is 4.98 Å². The second kappa shape index (κ2) is 11.7. The number of pyridine rings is 1. The van der Waals surface area contributed by atoms with E-state index in [9.17, 15) is 9.59 Å². The number of piperazine rings is 1. The quantitative estimate of drug-likeness (QED) is 0.271. The first-order chi connectivity index (χ1) is 22.6. The Bertz CT molecular complexity index is 2080. The summed E-state index contributed by atoms with van der Waals surface area (Å²) in [7, 11) is 0. The average Bonchev–Trinajstić information content (AvgIpc) is 3.52. The molecule has 46 heavy (non-hydrogen) atoms. The van der Waals surface area contributed by atoms with Crippen LogP contribution in [-0.4, -0.2) is 69.1 Å². The largest absolute Gasteiger partial charge is 0.369 e. The number of amides is 3. The molecule has 0 aliphatic carbocycles. The second-order valence-electron chi connectivity index (χ2n) is 11.7. The van der Waals surface area contributed by atoms with Crippen LogP contribution in [0.4, 0.5) is 16.2 Å². The highest BCUT2D eigenvalue weighted by atomic mass is 16.2. The van der Waals surface area contributed by atoms with E-state index in [0.717, 1.165) is 82.8 Å². The molecule has 228 valence electrons. The molecule has 0 spiro atoms. The van der Waals surface area contributed by atoms with Crippen molar-refractivity contribution in [3.8, 4) is 22.3 Å². The fraction of sp³-hybridized carbons (Fsp3) is 0.194. The SMILES string of the molecule is O=C1CCN(c2ccccc2CN2CCN(c3ccc(-c4cnc5c(-c6ccnc7ccccc67)cnn5c4)cc3)CC2)C(=O)N1. The van der Waals surface area contributed by atoms with E-state index in [2.05, 4.69) is 61.6 Å². The Morgan fingerprint density at radius 2 is 1.54 bits per heavy atom. The lowest BCUT2D eigenvalue weighted by Crippen LogP contribution is -2.50. The van der Waals surface area contributed by atoms with Crippen LogP contribution in [-0.2, 0) is 11.3 Å². The third-order valence-electron chi connectivity index (χ3n) is 8.96. The standard InChI is InChI=1S/C36H32N8O2/c45-34-14-16-43(36(46)40-34)33-8-4-1-5-26(33)23-41-17-19-42(20-18-41)28-11-9-25(10-12-28)27-21-38-35-31(22-39-44(35)24-27)29-13-15-37-32-7-3-2-6-30(29)32/h1-13,15,21-22,24H,14,16-20,23H2,(H,40,45,46). The highest BCUT2D eigenvalue weighted by molar-refractivity contribution is 6.06. The Morgan fingerprint density at radius 3 is 2.39 bits per heavy atom. The van der Waals surface area contributed by atoms with Gasteiger partial charge in [0.15, 0.2) is 5.65 Å². The maximum absolute atomic E-state index is 12.5. The lowest BCUT2D eigenvalue weighted by Gasteiger charge is -2.37. The van der Waals surface area contributed by atoms with Gasteiger partial charge < -0.3 is 4.90 Å². The van der Waals surface area contributed by atoms with E-state index in [1.807, 2.05) is 71.8 Å². The zero-order valence-corrected chi connectivity index (χ0v) is 25.2. The summed E-state index contributed by atoms with van der Waals surface area (Å²) in [6.45, 7) is 4.80. The van der Waals surface area contributed by atoms with Crippen molar-refractivity contribution in [1.82, 2.24) is 29.8 Å². The molecule has 0 unspecified atom stereocenters. The number of aromatic nitrogens is 4. The first kappa shape index (κ1) is 27.9. The van der Waals surface area contributed by atoms with Crippen molar-refractivity contribution in [3.63, 3.8) is 0 Å². The average molecular weight is 609 g/mol. The van der Waals surface area contributed by atoms with Crippen LogP contribution in [0.3, 0.4) is 0 Å². The second-order valence-corrected chi connectivity index (χ2v) is 11.7. The van der Waals surface area contributed by atoms with Crippen molar-refractivity contribution >= 4 is 39.9 Å². The zero-order chi connectivity index (χ0) is 31.0. The summed E-state index contributed by atoms with van der Waals surface area (Å²) in [6.07, 6.45) is 7.98. The number of carbonyl (C=O) groups excluding carboxylic acids is 2. The summed E-state index contributed by atoms with van der Waals surface area (Å²) in [5.74, 6) is -0.219. The van der Waals surface area contributed by atoms with Gasteiger partial charge in [-0.05, 0) is 47.0 Å². The number of carbonyl (C=O) groups is 2. The van der Waals surface area contributed by atoms with Gasteiger partial charge in [0.05, 0.1) is 11.7 Å². The summed E-state index contributed by atoms with van der Waals surface area (Å²) in [6, 6.07) is 26.4. The number of nitrogens with one attached hydrogen (secondary N) is 1. The van der Waals surface area contributed by atoms with Gasteiger partial charge in [0.25, 0.3) is 0 Å². The minimum Gasteiger partial charge on any atom is -0.369 e. The number of urea groups is 1. The van der Waals surface area contributed by atoms with Gasteiger partial charge in [-0.2, -0.15) is 5.10 Å². The summed E-state index contributed by atoms with van der Waals surface area (Å²) < 4.78 is 1.85. The summed E-state index contributed by atoms with van der Waals surface area (Å²) in [5.41, 5.74) is 9.06. The van der Waals surface area contributed by atoms with Crippen LogP contribution in [0, 0.1) is 0 Å². The number of anilines is 2. The smallest absolute Gasteiger partial charge is 0.328 e. The minimum atomic E-state index is -0.347. The van der Waals surface area contributed by atoms with Crippen LogP contribution in [0.2, 0.25) is 0 Å². The minimum absolute atomic E-state index is 0.219. The van der Waals surface area contributed by atoms with Crippen LogP contribution < -0.4 is 15.1 Å². The molecule has 0 atom stereocenters. The summed E-state index contributed by atoms with van der Waals surface area (Å²) in [4.78, 5) is 39.9. The molecule has 5 heterocycles. The molecule has 3 amide bonds. The molecule has 10 heteroatoms. The zero-order valence-electron chi connectivity index (χ0n) is 25.2. The molecular formula is C36H32N8O2. The molecule has 0 saturated carbocycles. The third kappa shape index (κ3) is 5.22. The molecule has 2 saturated heterocycles.